The zero-order chi connectivity index (χ0) is 11.3. The Bertz CT molecular complexity index is 190. The minimum Gasteiger partial charge on any atom is -0.465 e. The van der Waals surface area contributed by atoms with Gasteiger partial charge in [-0.05, 0) is 58.3 Å². The second-order valence-electron chi connectivity index (χ2n) is 5.40. The predicted molar refractivity (Wildman–Crippen MR) is 60.4 cm³/mol. The van der Waals surface area contributed by atoms with Crippen molar-refractivity contribution < 1.29 is 9.53 Å². The van der Waals surface area contributed by atoms with Crippen molar-refractivity contribution in [2.24, 2.45) is 11.7 Å². The molecule has 1 aliphatic carbocycles. The van der Waals surface area contributed by atoms with Gasteiger partial charge in [0.2, 0.25) is 0 Å². The Morgan fingerprint density at radius 2 is 1.93 bits per heavy atom. The lowest BCUT2D eigenvalue weighted by Crippen LogP contribution is -2.33. The molecule has 1 saturated carbocycles. The van der Waals surface area contributed by atoms with Crippen molar-refractivity contribution in [1.29, 1.82) is 0 Å². The molecule has 0 bridgehead atoms. The van der Waals surface area contributed by atoms with Gasteiger partial charge >= 0.3 is 0 Å². The van der Waals surface area contributed by atoms with Crippen molar-refractivity contribution >= 4 is 6.47 Å². The molecule has 0 saturated heterocycles. The van der Waals surface area contributed by atoms with Crippen LogP contribution >= 0.6 is 0 Å². The van der Waals surface area contributed by atoms with E-state index in [2.05, 4.69) is 13.8 Å². The quantitative estimate of drug-likeness (QED) is 0.712. The van der Waals surface area contributed by atoms with Gasteiger partial charge in [0.15, 0.2) is 0 Å². The van der Waals surface area contributed by atoms with Crippen molar-refractivity contribution in [2.75, 3.05) is 0 Å². The lowest BCUT2D eigenvalue weighted by Gasteiger charge is -2.29. The number of hydrogen-bond acceptors (Lipinski definition) is 3. The molecule has 0 aromatic heterocycles. The fraction of sp³-hybridized carbons (Fsp3) is 0.917. The SMILES string of the molecule is CC(C)(N)CCC1CCC(OC=O)CC1. The van der Waals surface area contributed by atoms with Gasteiger partial charge in [0.1, 0.15) is 6.10 Å². The summed E-state index contributed by atoms with van der Waals surface area (Å²) in [6.07, 6.45) is 6.85. The van der Waals surface area contributed by atoms with Gasteiger partial charge < -0.3 is 10.5 Å². The molecular weight excluding hydrogens is 190 g/mol. The first kappa shape index (κ1) is 12.5. The molecule has 0 aromatic carbocycles. The molecule has 0 aromatic rings. The highest BCUT2D eigenvalue weighted by Crippen LogP contribution is 2.30. The molecule has 1 fully saturated rings. The van der Waals surface area contributed by atoms with E-state index in [0.29, 0.717) is 6.47 Å². The standard InChI is InChI=1S/C12H23NO2/c1-12(2,13)8-7-10-3-5-11(6-4-10)15-9-14/h9-11H,3-8,13H2,1-2H3. The van der Waals surface area contributed by atoms with E-state index in [1.807, 2.05) is 0 Å². The molecule has 0 atom stereocenters. The Hall–Kier alpha value is -0.570. The summed E-state index contributed by atoms with van der Waals surface area (Å²) in [5, 5.41) is 0. The Balaban J connectivity index is 2.17. The van der Waals surface area contributed by atoms with Gasteiger partial charge in [0.25, 0.3) is 6.47 Å². The van der Waals surface area contributed by atoms with E-state index in [0.717, 1.165) is 25.2 Å². The summed E-state index contributed by atoms with van der Waals surface area (Å²) in [5.41, 5.74) is 5.91. The van der Waals surface area contributed by atoms with E-state index in [1.165, 1.54) is 19.3 Å². The first-order valence-electron chi connectivity index (χ1n) is 5.89. The monoisotopic (exact) mass is 213 g/mol. The topological polar surface area (TPSA) is 52.3 Å². The Labute approximate surface area is 92.4 Å². The predicted octanol–water partition coefficient (Wildman–Crippen LogP) is 2.24. The maximum atomic E-state index is 10.2. The third kappa shape index (κ3) is 5.17. The van der Waals surface area contributed by atoms with E-state index in [9.17, 15) is 4.79 Å². The molecule has 15 heavy (non-hydrogen) atoms. The van der Waals surface area contributed by atoms with E-state index < -0.39 is 0 Å². The van der Waals surface area contributed by atoms with E-state index in [1.54, 1.807) is 0 Å². The molecule has 1 rings (SSSR count). The van der Waals surface area contributed by atoms with Gasteiger partial charge in [0, 0.05) is 5.54 Å². The summed E-state index contributed by atoms with van der Waals surface area (Å²) < 4.78 is 4.97. The summed E-state index contributed by atoms with van der Waals surface area (Å²) in [4.78, 5) is 10.2. The zero-order valence-corrected chi connectivity index (χ0v) is 9.87. The molecule has 1 aliphatic rings. The highest BCUT2D eigenvalue weighted by molar-refractivity contribution is 5.37. The third-order valence-corrected chi connectivity index (χ3v) is 3.24. The number of hydrogen-bond donors (Lipinski definition) is 1. The summed E-state index contributed by atoms with van der Waals surface area (Å²) in [7, 11) is 0. The highest BCUT2D eigenvalue weighted by Gasteiger charge is 2.23. The minimum atomic E-state index is -0.0455. The van der Waals surface area contributed by atoms with Gasteiger partial charge in [-0.1, -0.05) is 0 Å². The van der Waals surface area contributed by atoms with Crippen LogP contribution in [0.15, 0.2) is 0 Å². The molecule has 0 unspecified atom stereocenters. The van der Waals surface area contributed by atoms with Crippen LogP contribution in [-0.4, -0.2) is 18.1 Å². The fourth-order valence-corrected chi connectivity index (χ4v) is 2.21. The summed E-state index contributed by atoms with van der Waals surface area (Å²) in [5.74, 6) is 0.777. The summed E-state index contributed by atoms with van der Waals surface area (Å²) in [6.45, 7) is 4.73. The largest absolute Gasteiger partial charge is 0.465 e. The maximum Gasteiger partial charge on any atom is 0.293 e. The summed E-state index contributed by atoms with van der Waals surface area (Å²) >= 11 is 0. The number of carbonyl (C=O) groups excluding carboxylic acids is 1. The lowest BCUT2D eigenvalue weighted by atomic mass is 9.82. The minimum absolute atomic E-state index is 0.0455. The molecule has 3 nitrogen and oxygen atoms in total. The van der Waals surface area contributed by atoms with Gasteiger partial charge in [-0.15, -0.1) is 0 Å². The Morgan fingerprint density at radius 1 is 1.33 bits per heavy atom. The molecule has 2 N–H and O–H groups in total. The van der Waals surface area contributed by atoms with Crippen LogP contribution in [0.25, 0.3) is 0 Å². The van der Waals surface area contributed by atoms with Crippen LogP contribution in [-0.2, 0) is 9.53 Å². The van der Waals surface area contributed by atoms with Crippen LogP contribution in [0.1, 0.15) is 52.4 Å². The smallest absolute Gasteiger partial charge is 0.293 e. The van der Waals surface area contributed by atoms with Crippen molar-refractivity contribution in [3.05, 3.63) is 0 Å². The van der Waals surface area contributed by atoms with Crippen molar-refractivity contribution in [3.8, 4) is 0 Å². The van der Waals surface area contributed by atoms with Crippen LogP contribution in [0.2, 0.25) is 0 Å². The number of ether oxygens (including phenoxy) is 1. The average molecular weight is 213 g/mol. The van der Waals surface area contributed by atoms with Crippen LogP contribution in [0, 0.1) is 5.92 Å². The molecule has 0 spiro atoms. The highest BCUT2D eigenvalue weighted by atomic mass is 16.5. The van der Waals surface area contributed by atoms with Crippen LogP contribution < -0.4 is 5.73 Å². The van der Waals surface area contributed by atoms with E-state index in [4.69, 9.17) is 10.5 Å². The van der Waals surface area contributed by atoms with Gasteiger partial charge in [-0.25, -0.2) is 0 Å². The van der Waals surface area contributed by atoms with Crippen LogP contribution in [0.5, 0.6) is 0 Å². The van der Waals surface area contributed by atoms with Gasteiger partial charge in [-0.2, -0.15) is 0 Å². The maximum absolute atomic E-state index is 10.2. The summed E-state index contributed by atoms with van der Waals surface area (Å²) in [6, 6.07) is 0. The van der Waals surface area contributed by atoms with E-state index in [-0.39, 0.29) is 11.6 Å². The second-order valence-corrected chi connectivity index (χ2v) is 5.40. The molecule has 0 heterocycles. The normalized spacial score (nSPS) is 27.4. The van der Waals surface area contributed by atoms with Crippen LogP contribution in [0.3, 0.4) is 0 Å². The van der Waals surface area contributed by atoms with Gasteiger partial charge in [0.05, 0.1) is 0 Å². The molecule has 0 radical (unpaired) electrons. The van der Waals surface area contributed by atoms with Crippen molar-refractivity contribution in [1.82, 2.24) is 0 Å². The first-order valence-corrected chi connectivity index (χ1v) is 5.89. The molecule has 3 heteroatoms. The van der Waals surface area contributed by atoms with E-state index >= 15 is 0 Å². The van der Waals surface area contributed by atoms with Crippen molar-refractivity contribution in [3.63, 3.8) is 0 Å². The molecule has 0 amide bonds. The Kier molecular flexibility index (Phi) is 4.58. The fourth-order valence-electron chi connectivity index (χ4n) is 2.21. The lowest BCUT2D eigenvalue weighted by molar-refractivity contribution is -0.135. The average Bonchev–Trinajstić information content (AvgIpc) is 2.16. The zero-order valence-electron chi connectivity index (χ0n) is 9.87. The molecule has 0 aliphatic heterocycles. The van der Waals surface area contributed by atoms with Crippen LogP contribution in [0.4, 0.5) is 0 Å². The van der Waals surface area contributed by atoms with Crippen molar-refractivity contribution in [2.45, 2.75) is 64.0 Å². The van der Waals surface area contributed by atoms with Gasteiger partial charge in [-0.3, -0.25) is 4.79 Å². The molecule has 88 valence electrons. The Morgan fingerprint density at radius 3 is 2.40 bits per heavy atom. The number of carbonyl (C=O) groups is 1. The number of rotatable bonds is 5. The second kappa shape index (κ2) is 5.50. The third-order valence-electron chi connectivity index (χ3n) is 3.24. The molecular formula is C12H23NO2. The number of nitrogens with two attached hydrogens (primary N) is 1. The first-order chi connectivity index (χ1) is 7.01.